The van der Waals surface area contributed by atoms with Crippen molar-refractivity contribution in [3.05, 3.63) is 0 Å². The number of thiol groups is 2. The van der Waals surface area contributed by atoms with Gasteiger partial charge in [0.1, 0.15) is 0 Å². The molecule has 0 atom stereocenters. The van der Waals surface area contributed by atoms with E-state index in [-0.39, 0.29) is 9.49 Å². The predicted molar refractivity (Wildman–Crippen MR) is 112 cm³/mol. The molecular weight excluding hydrogens is 340 g/mol. The molecule has 0 aliphatic heterocycles. The van der Waals surface area contributed by atoms with E-state index in [9.17, 15) is 0 Å². The normalized spacial score (nSPS) is 13.2. The minimum Gasteiger partial charge on any atom is -0.380 e. The number of hydrogen-bond acceptors (Lipinski definition) is 6. The molecule has 0 aliphatic carbocycles. The molecule has 0 spiro atoms. The van der Waals surface area contributed by atoms with Crippen LogP contribution in [0.25, 0.3) is 0 Å². The van der Waals surface area contributed by atoms with Crippen LogP contribution in [0.2, 0.25) is 0 Å². The van der Waals surface area contributed by atoms with Gasteiger partial charge in [-0.05, 0) is 41.5 Å². The molecule has 0 bridgehead atoms. The maximum absolute atomic E-state index is 5.53. The number of rotatable bonds is 15. The first kappa shape index (κ1) is 24.5. The first-order chi connectivity index (χ1) is 11.1. The molecule has 24 heavy (non-hydrogen) atoms. The van der Waals surface area contributed by atoms with E-state index in [1.165, 1.54) is 0 Å². The van der Waals surface area contributed by atoms with Gasteiger partial charge in [-0.15, -0.1) is 0 Å². The summed E-state index contributed by atoms with van der Waals surface area (Å²) in [4.78, 5) is 4.89. The van der Waals surface area contributed by atoms with Gasteiger partial charge in [-0.2, -0.15) is 25.3 Å². The van der Waals surface area contributed by atoms with Gasteiger partial charge in [0.15, 0.2) is 0 Å². The lowest BCUT2D eigenvalue weighted by molar-refractivity contribution is 0.0887. The molecule has 146 valence electrons. The maximum atomic E-state index is 5.53. The highest BCUT2D eigenvalue weighted by Gasteiger charge is 2.20. The SMILES string of the molecule is CCOCCN(CCN(CCOCC)CC(C)(C)S)CC(C)(C)S. The molecule has 0 aliphatic rings. The fourth-order valence-electron chi connectivity index (χ4n) is 2.59. The first-order valence-corrected chi connectivity index (χ1v) is 10.0. The molecule has 0 saturated carbocycles. The van der Waals surface area contributed by atoms with Gasteiger partial charge >= 0.3 is 0 Å². The van der Waals surface area contributed by atoms with Crippen molar-refractivity contribution in [2.75, 3.05) is 65.7 Å². The third-order valence-electron chi connectivity index (χ3n) is 3.47. The van der Waals surface area contributed by atoms with Crippen LogP contribution in [-0.4, -0.2) is 85.0 Å². The Morgan fingerprint density at radius 1 is 0.667 bits per heavy atom. The number of ether oxygens (including phenoxy) is 2. The lowest BCUT2D eigenvalue weighted by atomic mass is 10.1. The predicted octanol–water partition coefficient (Wildman–Crippen LogP) is 3.08. The fourth-order valence-corrected chi connectivity index (χ4v) is 2.99. The van der Waals surface area contributed by atoms with Crippen LogP contribution in [0, 0.1) is 0 Å². The molecule has 0 aromatic heterocycles. The minimum absolute atomic E-state index is 0.00875. The molecule has 4 nitrogen and oxygen atoms in total. The van der Waals surface area contributed by atoms with Crippen molar-refractivity contribution < 1.29 is 9.47 Å². The van der Waals surface area contributed by atoms with Gasteiger partial charge < -0.3 is 9.47 Å². The second-order valence-electron chi connectivity index (χ2n) is 7.57. The van der Waals surface area contributed by atoms with Crippen molar-refractivity contribution in [1.82, 2.24) is 9.80 Å². The Labute approximate surface area is 161 Å². The van der Waals surface area contributed by atoms with Gasteiger partial charge in [-0.25, -0.2) is 0 Å². The van der Waals surface area contributed by atoms with Crippen LogP contribution in [0.4, 0.5) is 0 Å². The third kappa shape index (κ3) is 16.0. The van der Waals surface area contributed by atoms with E-state index in [1.807, 2.05) is 13.8 Å². The zero-order chi connectivity index (χ0) is 18.6. The van der Waals surface area contributed by atoms with Gasteiger partial charge in [-0.3, -0.25) is 9.80 Å². The Bertz CT molecular complexity index is 274. The second-order valence-corrected chi connectivity index (χ2v) is 9.99. The van der Waals surface area contributed by atoms with Crippen molar-refractivity contribution in [2.24, 2.45) is 0 Å². The Balaban J connectivity index is 4.55. The molecule has 0 fully saturated rings. The molecule has 0 radical (unpaired) electrons. The average Bonchev–Trinajstić information content (AvgIpc) is 2.41. The quantitative estimate of drug-likeness (QED) is 0.337. The zero-order valence-electron chi connectivity index (χ0n) is 16.7. The molecular formula is C18H40N2O2S2. The topological polar surface area (TPSA) is 24.9 Å². The second kappa shape index (κ2) is 12.8. The van der Waals surface area contributed by atoms with Crippen LogP contribution in [0.5, 0.6) is 0 Å². The summed E-state index contributed by atoms with van der Waals surface area (Å²) in [6, 6.07) is 0. The molecule has 0 saturated heterocycles. The molecule has 0 unspecified atom stereocenters. The zero-order valence-corrected chi connectivity index (χ0v) is 18.5. The maximum Gasteiger partial charge on any atom is 0.0593 e. The van der Waals surface area contributed by atoms with Gasteiger partial charge in [0, 0.05) is 62.0 Å². The lowest BCUT2D eigenvalue weighted by Crippen LogP contribution is -2.45. The molecule has 0 heterocycles. The monoisotopic (exact) mass is 380 g/mol. The summed E-state index contributed by atoms with van der Waals surface area (Å²) in [6.45, 7) is 21.6. The van der Waals surface area contributed by atoms with Crippen LogP contribution in [-0.2, 0) is 9.47 Å². The van der Waals surface area contributed by atoms with E-state index < -0.39 is 0 Å². The summed E-state index contributed by atoms with van der Waals surface area (Å²) in [5.74, 6) is 0. The largest absolute Gasteiger partial charge is 0.380 e. The highest BCUT2D eigenvalue weighted by atomic mass is 32.1. The standard InChI is InChI=1S/C18H40N2O2S2/c1-7-21-13-11-19(15-17(3,4)23)9-10-20(12-14-22-8-2)16-18(5,6)24/h23-24H,7-16H2,1-6H3. The highest BCUT2D eigenvalue weighted by molar-refractivity contribution is 7.82. The molecule has 0 aromatic rings. The van der Waals surface area contributed by atoms with E-state index >= 15 is 0 Å². The number of hydrogen-bond donors (Lipinski definition) is 2. The lowest BCUT2D eigenvalue weighted by Gasteiger charge is -2.34. The van der Waals surface area contributed by atoms with Crippen molar-refractivity contribution in [2.45, 2.75) is 51.0 Å². The molecule has 0 rings (SSSR count). The van der Waals surface area contributed by atoms with E-state index in [1.54, 1.807) is 0 Å². The first-order valence-electron chi connectivity index (χ1n) is 9.12. The smallest absolute Gasteiger partial charge is 0.0593 e. The van der Waals surface area contributed by atoms with E-state index in [2.05, 4.69) is 37.5 Å². The highest BCUT2D eigenvalue weighted by Crippen LogP contribution is 2.16. The molecule has 6 heteroatoms. The van der Waals surface area contributed by atoms with Gasteiger partial charge in [0.25, 0.3) is 0 Å². The summed E-state index contributed by atoms with van der Waals surface area (Å²) in [5.41, 5.74) is 0. The van der Waals surface area contributed by atoms with Crippen LogP contribution in [0.15, 0.2) is 0 Å². The van der Waals surface area contributed by atoms with Crippen LogP contribution < -0.4 is 0 Å². The van der Waals surface area contributed by atoms with Crippen molar-refractivity contribution in [3.8, 4) is 0 Å². The molecule has 0 amide bonds. The van der Waals surface area contributed by atoms with Gasteiger partial charge in [0.05, 0.1) is 13.2 Å². The third-order valence-corrected chi connectivity index (χ3v) is 3.75. The Kier molecular flexibility index (Phi) is 13.1. The van der Waals surface area contributed by atoms with E-state index in [4.69, 9.17) is 34.7 Å². The van der Waals surface area contributed by atoms with Crippen molar-refractivity contribution in [3.63, 3.8) is 0 Å². The Morgan fingerprint density at radius 3 is 1.25 bits per heavy atom. The van der Waals surface area contributed by atoms with Gasteiger partial charge in [-0.1, -0.05) is 0 Å². The summed E-state index contributed by atoms with van der Waals surface area (Å²) in [5, 5.41) is 0. The van der Waals surface area contributed by atoms with Crippen LogP contribution in [0.3, 0.4) is 0 Å². The van der Waals surface area contributed by atoms with E-state index in [0.29, 0.717) is 0 Å². The fraction of sp³-hybridized carbons (Fsp3) is 1.00. The Hall–Kier alpha value is 0.540. The summed E-state index contributed by atoms with van der Waals surface area (Å²) < 4.78 is 11.0. The molecule has 0 N–H and O–H groups in total. The summed E-state index contributed by atoms with van der Waals surface area (Å²) in [6.07, 6.45) is 0. The minimum atomic E-state index is -0.00875. The summed E-state index contributed by atoms with van der Waals surface area (Å²) >= 11 is 9.39. The Morgan fingerprint density at radius 2 is 1.00 bits per heavy atom. The van der Waals surface area contributed by atoms with Crippen LogP contribution in [0.1, 0.15) is 41.5 Å². The van der Waals surface area contributed by atoms with Crippen LogP contribution >= 0.6 is 25.3 Å². The van der Waals surface area contributed by atoms with E-state index in [0.717, 1.165) is 65.7 Å². The van der Waals surface area contributed by atoms with Crippen molar-refractivity contribution >= 4 is 25.3 Å². The molecule has 0 aromatic carbocycles. The average molecular weight is 381 g/mol. The number of nitrogens with zero attached hydrogens (tertiary/aromatic N) is 2. The van der Waals surface area contributed by atoms with Crippen molar-refractivity contribution in [1.29, 1.82) is 0 Å². The van der Waals surface area contributed by atoms with Gasteiger partial charge in [0.2, 0.25) is 0 Å². The summed E-state index contributed by atoms with van der Waals surface area (Å²) in [7, 11) is 0.